The van der Waals surface area contributed by atoms with Crippen LogP contribution in [-0.2, 0) is 11.2 Å². The second-order valence-electron chi connectivity index (χ2n) is 7.50. The van der Waals surface area contributed by atoms with Crippen molar-refractivity contribution in [3.8, 4) is 0 Å². The predicted octanol–water partition coefficient (Wildman–Crippen LogP) is 0.572. The van der Waals surface area contributed by atoms with Gasteiger partial charge in [0, 0.05) is 17.8 Å². The first-order valence-corrected chi connectivity index (χ1v) is 9.62. The van der Waals surface area contributed by atoms with Gasteiger partial charge < -0.3 is 9.80 Å². The second-order valence-corrected chi connectivity index (χ2v) is 7.50. The number of aromatic amines is 1. The number of aromatic nitrogens is 1. The average Bonchev–Trinajstić information content (AvgIpc) is 3.03. The molecule has 26 heavy (non-hydrogen) atoms. The van der Waals surface area contributed by atoms with Crippen molar-refractivity contribution in [3.05, 3.63) is 54.2 Å². The average molecular weight is 352 g/mol. The number of carbonyl (C=O) groups is 1. The van der Waals surface area contributed by atoms with Crippen LogP contribution in [0.15, 0.2) is 48.7 Å². The first-order chi connectivity index (χ1) is 12.6. The molecule has 2 aromatic rings. The number of quaternary nitrogens is 1. The number of anilines is 2. The molecule has 1 aromatic carbocycles. The van der Waals surface area contributed by atoms with E-state index in [0.29, 0.717) is 0 Å². The minimum absolute atomic E-state index is 0.00879. The summed E-state index contributed by atoms with van der Waals surface area (Å²) in [5.41, 5.74) is 2.40. The van der Waals surface area contributed by atoms with Gasteiger partial charge in [-0.15, -0.1) is 0 Å². The molecule has 4 rings (SSSR count). The third-order valence-electron chi connectivity index (χ3n) is 5.87. The lowest BCUT2D eigenvalue weighted by atomic mass is 10.1. The van der Waals surface area contributed by atoms with Gasteiger partial charge in [-0.3, -0.25) is 9.69 Å². The molecule has 2 atom stereocenters. The van der Waals surface area contributed by atoms with Gasteiger partial charge in [0.05, 0.1) is 6.20 Å². The number of H-pyrrole nitrogens is 1. The number of nitrogens with zero attached hydrogens (tertiary/aromatic N) is 2. The molecule has 2 N–H and O–H groups in total. The van der Waals surface area contributed by atoms with Crippen molar-refractivity contribution < 1.29 is 14.7 Å². The number of hydrogen-bond acceptors (Lipinski definition) is 2. The largest absolute Gasteiger partial charge is 0.318 e. The maximum atomic E-state index is 13.3. The van der Waals surface area contributed by atoms with Crippen LogP contribution in [-0.4, -0.2) is 44.2 Å². The van der Waals surface area contributed by atoms with Crippen molar-refractivity contribution in [2.75, 3.05) is 36.0 Å². The van der Waals surface area contributed by atoms with Gasteiger partial charge in [0.25, 0.3) is 11.7 Å². The number of rotatable bonds is 3. The first-order valence-electron chi connectivity index (χ1n) is 9.62. The highest BCUT2D eigenvalue weighted by Crippen LogP contribution is 2.32. The Labute approximate surface area is 155 Å². The van der Waals surface area contributed by atoms with E-state index >= 15 is 0 Å². The summed E-state index contributed by atoms with van der Waals surface area (Å²) in [6, 6.07) is 14.7. The number of amides is 1. The summed E-state index contributed by atoms with van der Waals surface area (Å²) in [4.78, 5) is 22.4. The fourth-order valence-electron chi connectivity index (χ4n) is 4.33. The van der Waals surface area contributed by atoms with E-state index in [4.69, 9.17) is 0 Å². The fourth-order valence-corrected chi connectivity index (χ4v) is 4.33. The molecule has 1 fully saturated rings. The Morgan fingerprint density at radius 3 is 2.62 bits per heavy atom. The van der Waals surface area contributed by atoms with Crippen molar-refractivity contribution in [1.82, 2.24) is 0 Å². The Morgan fingerprint density at radius 1 is 1.15 bits per heavy atom. The van der Waals surface area contributed by atoms with E-state index in [1.165, 1.54) is 10.5 Å². The monoisotopic (exact) mass is 352 g/mol. The first kappa shape index (κ1) is 17.0. The molecule has 0 spiro atoms. The summed E-state index contributed by atoms with van der Waals surface area (Å²) in [5, 5.41) is 0. The molecule has 1 aromatic heterocycles. The van der Waals surface area contributed by atoms with Crippen LogP contribution in [0.25, 0.3) is 0 Å². The Morgan fingerprint density at radius 2 is 1.88 bits per heavy atom. The molecule has 2 aliphatic heterocycles. The molecule has 0 saturated carbocycles. The van der Waals surface area contributed by atoms with Crippen molar-refractivity contribution in [2.45, 2.75) is 32.4 Å². The maximum absolute atomic E-state index is 13.3. The van der Waals surface area contributed by atoms with Crippen molar-refractivity contribution in [1.29, 1.82) is 0 Å². The van der Waals surface area contributed by atoms with E-state index in [1.54, 1.807) is 0 Å². The van der Waals surface area contributed by atoms with E-state index in [1.807, 2.05) is 23.2 Å². The van der Waals surface area contributed by atoms with Crippen LogP contribution in [0.4, 0.5) is 11.5 Å². The Kier molecular flexibility index (Phi) is 4.64. The molecule has 0 radical (unpaired) electrons. The second kappa shape index (κ2) is 7.08. The summed E-state index contributed by atoms with van der Waals surface area (Å²) < 4.78 is 0. The van der Waals surface area contributed by atoms with Crippen LogP contribution in [0.5, 0.6) is 0 Å². The standard InChI is InChI=1S/C21H26N4O/c1-16-15-18-7-3-4-8-19(18)25(16)21(26)17(2)23-11-13-24(14-12-23)20-9-5-6-10-22-20/h3-10,16-17H,11-15H2,1-2H3/p+2/t16-,17-/m0/s1. The molecule has 1 amide bonds. The van der Waals surface area contributed by atoms with Gasteiger partial charge in [-0.1, -0.05) is 24.3 Å². The zero-order valence-corrected chi connectivity index (χ0v) is 15.6. The molecule has 1 saturated heterocycles. The smallest absolute Gasteiger partial charge is 0.285 e. The molecule has 0 unspecified atom stereocenters. The zero-order chi connectivity index (χ0) is 18.1. The summed E-state index contributed by atoms with van der Waals surface area (Å²) in [5.74, 6) is 1.42. The highest BCUT2D eigenvalue weighted by Gasteiger charge is 2.39. The Bertz CT molecular complexity index is 771. The Hall–Kier alpha value is -2.40. The minimum Gasteiger partial charge on any atom is -0.318 e. The zero-order valence-electron chi connectivity index (χ0n) is 15.6. The van der Waals surface area contributed by atoms with Crippen molar-refractivity contribution in [3.63, 3.8) is 0 Å². The molecule has 0 bridgehead atoms. The molecule has 5 nitrogen and oxygen atoms in total. The lowest BCUT2D eigenvalue weighted by molar-refractivity contribution is -0.914. The van der Waals surface area contributed by atoms with E-state index in [2.05, 4.69) is 54.1 Å². The molecular formula is C21H28N4O+2. The number of piperazine rings is 1. The van der Waals surface area contributed by atoms with Crippen molar-refractivity contribution in [2.24, 2.45) is 0 Å². The summed E-state index contributed by atoms with van der Waals surface area (Å²) >= 11 is 0. The van der Waals surface area contributed by atoms with E-state index in [-0.39, 0.29) is 18.0 Å². The number of hydrogen-bond donors (Lipinski definition) is 1. The van der Waals surface area contributed by atoms with Crippen LogP contribution < -0.4 is 19.7 Å². The molecule has 5 heteroatoms. The van der Waals surface area contributed by atoms with Gasteiger partial charge in [-0.25, -0.2) is 4.98 Å². The van der Waals surface area contributed by atoms with E-state index < -0.39 is 0 Å². The predicted molar refractivity (Wildman–Crippen MR) is 102 cm³/mol. The lowest BCUT2D eigenvalue weighted by Crippen LogP contribution is -3.19. The van der Waals surface area contributed by atoms with Gasteiger partial charge in [0.1, 0.15) is 26.2 Å². The van der Waals surface area contributed by atoms with Crippen LogP contribution in [0.2, 0.25) is 0 Å². The number of para-hydroxylation sites is 1. The van der Waals surface area contributed by atoms with Gasteiger partial charge in [-0.05, 0) is 38.0 Å². The summed E-state index contributed by atoms with van der Waals surface area (Å²) in [6.45, 7) is 8.16. The van der Waals surface area contributed by atoms with Gasteiger partial charge in [0.2, 0.25) is 0 Å². The number of nitrogens with one attached hydrogen (secondary N) is 2. The number of pyridine rings is 1. The minimum atomic E-state index is -0.00879. The van der Waals surface area contributed by atoms with Crippen LogP contribution in [0.1, 0.15) is 19.4 Å². The highest BCUT2D eigenvalue weighted by atomic mass is 16.2. The molecule has 2 aliphatic rings. The quantitative estimate of drug-likeness (QED) is 0.878. The van der Waals surface area contributed by atoms with Gasteiger partial charge >= 0.3 is 0 Å². The van der Waals surface area contributed by atoms with E-state index in [9.17, 15) is 4.79 Å². The third kappa shape index (κ3) is 3.07. The summed E-state index contributed by atoms with van der Waals surface area (Å²) in [6.07, 6.45) is 2.93. The van der Waals surface area contributed by atoms with Gasteiger partial charge in [-0.2, -0.15) is 0 Å². The number of carbonyl (C=O) groups excluding carboxylic acids is 1. The molecule has 136 valence electrons. The van der Waals surface area contributed by atoms with Crippen molar-refractivity contribution >= 4 is 17.4 Å². The van der Waals surface area contributed by atoms with Gasteiger partial charge in [0.15, 0.2) is 6.04 Å². The van der Waals surface area contributed by atoms with Crippen LogP contribution in [0, 0.1) is 0 Å². The molecule has 3 heterocycles. The molecule has 0 aliphatic carbocycles. The fraction of sp³-hybridized carbons (Fsp3) is 0.429. The SMILES string of the molecule is C[C@H]1Cc2ccccc2N1C(=O)[C@H](C)[NH+]1CCN(c2cccc[nH+]2)CC1. The summed E-state index contributed by atoms with van der Waals surface area (Å²) in [7, 11) is 0. The maximum Gasteiger partial charge on any atom is 0.285 e. The lowest BCUT2D eigenvalue weighted by Gasteiger charge is -2.34. The van der Waals surface area contributed by atoms with E-state index in [0.717, 1.165) is 44.1 Å². The third-order valence-corrected chi connectivity index (χ3v) is 5.87. The number of fused-ring (bicyclic) bond motifs is 1. The molecular weight excluding hydrogens is 324 g/mol. The Balaban J connectivity index is 1.42. The topological polar surface area (TPSA) is 42.1 Å². The van der Waals surface area contributed by atoms with Crippen LogP contribution in [0.3, 0.4) is 0 Å². The highest BCUT2D eigenvalue weighted by molar-refractivity contribution is 5.98. The normalized spacial score (nSPS) is 21.5. The van der Waals surface area contributed by atoms with Crippen LogP contribution >= 0.6 is 0 Å². The number of benzene rings is 1.